The highest BCUT2D eigenvalue weighted by molar-refractivity contribution is 5.91. The fourth-order valence-corrected chi connectivity index (χ4v) is 7.55. The first-order valence-electron chi connectivity index (χ1n) is 13.0. The van der Waals surface area contributed by atoms with Crippen LogP contribution in [-0.4, -0.2) is 34.3 Å². The van der Waals surface area contributed by atoms with Crippen molar-refractivity contribution in [3.63, 3.8) is 0 Å². The Labute approximate surface area is 205 Å². The molecule has 2 aromatic rings. The minimum absolute atomic E-state index is 0.124. The van der Waals surface area contributed by atoms with Gasteiger partial charge in [-0.05, 0) is 87.3 Å². The molecule has 7 rings (SSSR count). The lowest BCUT2D eigenvalue weighted by Gasteiger charge is -2.56. The molecule has 1 N–H and O–H groups in total. The number of halogens is 1. The molecule has 2 amide bonds. The minimum Gasteiger partial charge on any atom is -0.439 e. The molecule has 1 aromatic heterocycles. The molecular formula is C28H32FN3O3. The molecule has 5 fully saturated rings. The molecule has 4 aliphatic carbocycles. The number of pyridine rings is 1. The molecule has 184 valence electrons. The summed E-state index contributed by atoms with van der Waals surface area (Å²) in [5, 5.41) is 3.01. The average molecular weight is 478 g/mol. The van der Waals surface area contributed by atoms with E-state index in [4.69, 9.17) is 4.74 Å². The maximum absolute atomic E-state index is 13.9. The van der Waals surface area contributed by atoms with Crippen LogP contribution in [0.3, 0.4) is 0 Å². The van der Waals surface area contributed by atoms with Crippen molar-refractivity contribution in [3.05, 3.63) is 54.0 Å². The Morgan fingerprint density at radius 1 is 1.09 bits per heavy atom. The normalized spacial score (nSPS) is 30.9. The number of hydrogen-bond acceptors (Lipinski definition) is 4. The van der Waals surface area contributed by atoms with Crippen molar-refractivity contribution in [3.8, 4) is 11.6 Å². The largest absolute Gasteiger partial charge is 0.439 e. The van der Waals surface area contributed by atoms with Gasteiger partial charge in [-0.25, -0.2) is 9.37 Å². The molecule has 1 aromatic carbocycles. The smallest absolute Gasteiger partial charge is 0.243 e. The number of aromatic nitrogens is 1. The third kappa shape index (κ3) is 4.30. The van der Waals surface area contributed by atoms with Gasteiger partial charge in [0.05, 0.1) is 5.41 Å². The maximum Gasteiger partial charge on any atom is 0.243 e. The van der Waals surface area contributed by atoms with Crippen molar-refractivity contribution in [1.29, 1.82) is 0 Å². The molecule has 6 nitrogen and oxygen atoms in total. The maximum atomic E-state index is 13.9. The molecule has 1 saturated heterocycles. The van der Waals surface area contributed by atoms with Crippen molar-refractivity contribution in [2.75, 3.05) is 6.54 Å². The zero-order chi connectivity index (χ0) is 24.0. The van der Waals surface area contributed by atoms with E-state index >= 15 is 0 Å². The first kappa shape index (κ1) is 22.5. The van der Waals surface area contributed by atoms with Crippen LogP contribution >= 0.6 is 0 Å². The second-order valence-electron chi connectivity index (χ2n) is 11.1. The van der Waals surface area contributed by atoms with Crippen molar-refractivity contribution in [2.24, 2.45) is 23.2 Å². The van der Waals surface area contributed by atoms with Gasteiger partial charge in [0.15, 0.2) is 0 Å². The van der Waals surface area contributed by atoms with E-state index in [1.165, 1.54) is 31.4 Å². The Morgan fingerprint density at radius 2 is 1.83 bits per heavy atom. The van der Waals surface area contributed by atoms with Gasteiger partial charge in [-0.2, -0.15) is 0 Å². The van der Waals surface area contributed by atoms with Crippen molar-refractivity contribution < 1.29 is 18.7 Å². The molecule has 0 spiro atoms. The number of benzene rings is 1. The molecule has 7 heteroatoms. The third-order valence-corrected chi connectivity index (χ3v) is 8.62. The summed E-state index contributed by atoms with van der Waals surface area (Å²) in [7, 11) is 0. The molecule has 1 atom stereocenters. The van der Waals surface area contributed by atoms with E-state index < -0.39 is 11.9 Å². The van der Waals surface area contributed by atoms with E-state index in [1.54, 1.807) is 24.4 Å². The summed E-state index contributed by atoms with van der Waals surface area (Å²) in [5.74, 6) is 2.47. The number of hydrogen-bond donors (Lipinski definition) is 1. The molecule has 5 aliphatic rings. The number of nitrogens with one attached hydrogen (secondary N) is 1. The van der Waals surface area contributed by atoms with Crippen LogP contribution in [0.15, 0.2) is 42.6 Å². The topological polar surface area (TPSA) is 71.5 Å². The second kappa shape index (κ2) is 8.92. The van der Waals surface area contributed by atoms with Gasteiger partial charge >= 0.3 is 0 Å². The van der Waals surface area contributed by atoms with Gasteiger partial charge in [0.2, 0.25) is 17.7 Å². The number of carbonyl (C=O) groups is 2. The summed E-state index contributed by atoms with van der Waals surface area (Å²) in [4.78, 5) is 33.3. The SMILES string of the molecule is O=C(NCc1cccnc1Oc1cccc(F)c1)C1CCCN1C(=O)C12CC3CC(CC(C3)C1)C2. The van der Waals surface area contributed by atoms with Gasteiger partial charge in [-0.15, -0.1) is 0 Å². The summed E-state index contributed by atoms with van der Waals surface area (Å²) in [5.41, 5.74) is 0.467. The molecule has 4 bridgehead atoms. The predicted molar refractivity (Wildman–Crippen MR) is 128 cm³/mol. The minimum atomic E-state index is -0.417. The van der Waals surface area contributed by atoms with E-state index in [9.17, 15) is 14.0 Å². The lowest BCUT2D eigenvalue weighted by molar-refractivity contribution is -0.160. The standard InChI is InChI=1S/C28H32FN3O3/c29-22-5-1-6-23(13-22)35-26-21(4-2-8-30-26)17-31-25(33)24-7-3-9-32(24)27(34)28-14-18-10-19(15-28)12-20(11-18)16-28/h1-2,4-6,8,13,18-20,24H,3,7,9-12,14-17H2,(H,31,33). The summed E-state index contributed by atoms with van der Waals surface area (Å²) in [6.45, 7) is 0.896. The monoisotopic (exact) mass is 477 g/mol. The molecule has 1 aliphatic heterocycles. The fourth-order valence-electron chi connectivity index (χ4n) is 7.55. The van der Waals surface area contributed by atoms with Gasteiger partial charge in [-0.3, -0.25) is 9.59 Å². The van der Waals surface area contributed by atoms with Crippen LogP contribution in [0.5, 0.6) is 11.6 Å². The van der Waals surface area contributed by atoms with E-state index in [2.05, 4.69) is 10.3 Å². The fraction of sp³-hybridized carbons (Fsp3) is 0.536. The van der Waals surface area contributed by atoms with Crippen molar-refractivity contribution >= 4 is 11.8 Å². The highest BCUT2D eigenvalue weighted by Gasteiger charge is 2.56. The van der Waals surface area contributed by atoms with Gasteiger partial charge < -0.3 is 15.0 Å². The summed E-state index contributed by atoms with van der Waals surface area (Å²) < 4.78 is 19.3. The van der Waals surface area contributed by atoms with Crippen LogP contribution in [0.25, 0.3) is 0 Å². The lowest BCUT2D eigenvalue weighted by Crippen LogP contribution is -2.57. The van der Waals surface area contributed by atoms with Crippen LogP contribution in [0, 0.1) is 29.0 Å². The number of rotatable bonds is 6. The number of ether oxygens (including phenoxy) is 1. The Hall–Kier alpha value is -2.96. The highest BCUT2D eigenvalue weighted by atomic mass is 19.1. The number of likely N-dealkylation sites (tertiary alicyclic amines) is 1. The zero-order valence-corrected chi connectivity index (χ0v) is 19.9. The molecule has 2 heterocycles. The van der Waals surface area contributed by atoms with Crippen LogP contribution < -0.4 is 10.1 Å². The highest BCUT2D eigenvalue weighted by Crippen LogP contribution is 2.60. The number of nitrogens with zero attached hydrogens (tertiary/aromatic N) is 2. The molecule has 35 heavy (non-hydrogen) atoms. The van der Waals surface area contributed by atoms with Gasteiger partial charge in [0, 0.05) is 30.9 Å². The first-order chi connectivity index (χ1) is 17.0. The average Bonchev–Trinajstić information content (AvgIpc) is 3.32. The van der Waals surface area contributed by atoms with Gasteiger partial charge in [0.1, 0.15) is 17.6 Å². The van der Waals surface area contributed by atoms with Crippen LogP contribution in [0.4, 0.5) is 4.39 Å². The predicted octanol–water partition coefficient (Wildman–Crippen LogP) is 4.84. The molecule has 4 saturated carbocycles. The van der Waals surface area contributed by atoms with Crippen LogP contribution in [-0.2, 0) is 16.1 Å². The zero-order valence-electron chi connectivity index (χ0n) is 19.9. The van der Waals surface area contributed by atoms with E-state index in [-0.39, 0.29) is 23.8 Å². The Morgan fingerprint density at radius 3 is 2.54 bits per heavy atom. The number of carbonyl (C=O) groups excluding carboxylic acids is 2. The molecule has 1 unspecified atom stereocenters. The lowest BCUT2D eigenvalue weighted by atomic mass is 9.49. The summed E-state index contributed by atoms with van der Waals surface area (Å²) in [6, 6.07) is 9.07. The first-order valence-corrected chi connectivity index (χ1v) is 13.0. The van der Waals surface area contributed by atoms with Crippen LogP contribution in [0.1, 0.15) is 56.9 Å². The van der Waals surface area contributed by atoms with Gasteiger partial charge in [0.25, 0.3) is 0 Å². The van der Waals surface area contributed by atoms with E-state index in [0.717, 1.165) is 25.7 Å². The second-order valence-corrected chi connectivity index (χ2v) is 11.1. The third-order valence-electron chi connectivity index (χ3n) is 8.62. The summed E-state index contributed by atoms with van der Waals surface area (Å²) in [6.07, 6.45) is 10.1. The van der Waals surface area contributed by atoms with Crippen LogP contribution in [0.2, 0.25) is 0 Å². The molecular weight excluding hydrogens is 445 g/mol. The van der Waals surface area contributed by atoms with E-state index in [0.29, 0.717) is 47.9 Å². The number of amides is 2. The Bertz CT molecular complexity index is 1100. The molecule has 0 radical (unpaired) electrons. The quantitative estimate of drug-likeness (QED) is 0.647. The Kier molecular flexibility index (Phi) is 5.73. The van der Waals surface area contributed by atoms with Gasteiger partial charge in [-0.1, -0.05) is 12.1 Å². The van der Waals surface area contributed by atoms with Crippen molar-refractivity contribution in [1.82, 2.24) is 15.2 Å². The Balaban J connectivity index is 1.13. The summed E-state index contributed by atoms with van der Waals surface area (Å²) >= 11 is 0. The van der Waals surface area contributed by atoms with E-state index in [1.807, 2.05) is 11.0 Å². The van der Waals surface area contributed by atoms with Crippen molar-refractivity contribution in [2.45, 2.75) is 64.0 Å².